The second-order valence-corrected chi connectivity index (χ2v) is 2.98. The molecule has 0 aliphatic rings. The van der Waals surface area contributed by atoms with E-state index in [4.69, 9.17) is 16.3 Å². The Kier molecular flexibility index (Phi) is 3.87. The molecule has 1 heterocycles. The van der Waals surface area contributed by atoms with Gasteiger partial charge in [0.25, 0.3) is 6.43 Å². The fraction of sp³-hybridized carbons (Fsp3) is 0.300. The van der Waals surface area contributed by atoms with Gasteiger partial charge in [0.1, 0.15) is 11.8 Å². The van der Waals surface area contributed by atoms with Gasteiger partial charge >= 0.3 is 0 Å². The Morgan fingerprint density at radius 2 is 2.12 bits per heavy atom. The number of nitrogens with two attached hydrogens (primary N) is 1. The third kappa shape index (κ3) is 2.30. The molecule has 1 rings (SSSR count). The van der Waals surface area contributed by atoms with Crippen molar-refractivity contribution in [1.82, 2.24) is 4.98 Å². The minimum Gasteiger partial charge on any atom is -0.325 e. The number of aromatic nitrogens is 1. The zero-order valence-corrected chi connectivity index (χ0v) is 8.24. The SMILES string of the molecule is N#CCc1cc(C#N)c(CN)nc1C(F)F. The second-order valence-electron chi connectivity index (χ2n) is 2.98. The number of pyridine rings is 1. The van der Waals surface area contributed by atoms with Crippen LogP contribution in [0.3, 0.4) is 0 Å². The first-order valence-electron chi connectivity index (χ1n) is 4.42. The second kappa shape index (κ2) is 5.15. The molecule has 82 valence electrons. The van der Waals surface area contributed by atoms with Crippen molar-refractivity contribution in [3.05, 3.63) is 28.6 Å². The van der Waals surface area contributed by atoms with Crippen LogP contribution in [0.25, 0.3) is 0 Å². The average Bonchev–Trinajstić information content (AvgIpc) is 2.28. The van der Waals surface area contributed by atoms with Crippen LogP contribution in [-0.4, -0.2) is 4.98 Å². The van der Waals surface area contributed by atoms with Gasteiger partial charge in [-0.3, -0.25) is 0 Å². The van der Waals surface area contributed by atoms with E-state index in [2.05, 4.69) is 4.98 Å². The predicted octanol–water partition coefficient (Wildman–Crippen LogP) is 1.42. The van der Waals surface area contributed by atoms with Gasteiger partial charge in [-0.1, -0.05) is 0 Å². The first kappa shape index (κ1) is 12.0. The molecule has 0 aliphatic heterocycles. The maximum Gasteiger partial charge on any atom is 0.280 e. The number of nitrogens with zero attached hydrogens (tertiary/aromatic N) is 3. The number of rotatable bonds is 3. The molecule has 0 saturated carbocycles. The molecule has 0 amide bonds. The van der Waals surface area contributed by atoms with E-state index in [1.54, 1.807) is 6.07 Å². The summed E-state index contributed by atoms with van der Waals surface area (Å²) in [5.74, 6) is 0. The maximum absolute atomic E-state index is 12.6. The lowest BCUT2D eigenvalue weighted by Crippen LogP contribution is -2.08. The molecule has 0 aliphatic carbocycles. The molecule has 0 spiro atoms. The van der Waals surface area contributed by atoms with Crippen molar-refractivity contribution in [3.63, 3.8) is 0 Å². The molecular formula is C10H8F2N4. The molecule has 0 fully saturated rings. The number of nitriles is 2. The van der Waals surface area contributed by atoms with Gasteiger partial charge in [0.15, 0.2) is 0 Å². The van der Waals surface area contributed by atoms with Crippen molar-refractivity contribution in [1.29, 1.82) is 10.5 Å². The first-order valence-corrected chi connectivity index (χ1v) is 4.42. The smallest absolute Gasteiger partial charge is 0.280 e. The summed E-state index contributed by atoms with van der Waals surface area (Å²) in [6.07, 6.45) is -2.98. The summed E-state index contributed by atoms with van der Waals surface area (Å²) in [5, 5.41) is 17.2. The lowest BCUT2D eigenvalue weighted by atomic mass is 10.1. The fourth-order valence-electron chi connectivity index (χ4n) is 1.28. The Hall–Kier alpha value is -2.05. The minimum atomic E-state index is -2.78. The number of halogens is 2. The Labute approximate surface area is 90.9 Å². The van der Waals surface area contributed by atoms with Crippen LogP contribution in [0.1, 0.15) is 28.9 Å². The Morgan fingerprint density at radius 3 is 2.56 bits per heavy atom. The molecule has 0 radical (unpaired) electrons. The molecule has 0 aromatic carbocycles. The summed E-state index contributed by atoms with van der Waals surface area (Å²) in [6, 6.07) is 4.82. The van der Waals surface area contributed by atoms with E-state index in [0.29, 0.717) is 0 Å². The highest BCUT2D eigenvalue weighted by atomic mass is 19.3. The molecule has 0 saturated heterocycles. The molecule has 1 aromatic heterocycles. The molecule has 4 nitrogen and oxygen atoms in total. The van der Waals surface area contributed by atoms with Crippen LogP contribution in [0, 0.1) is 22.7 Å². The summed E-state index contributed by atoms with van der Waals surface area (Å²) in [6.45, 7) is -0.0879. The number of hydrogen-bond donors (Lipinski definition) is 1. The summed E-state index contributed by atoms with van der Waals surface area (Å²) >= 11 is 0. The fourth-order valence-corrected chi connectivity index (χ4v) is 1.28. The van der Waals surface area contributed by atoms with Gasteiger partial charge in [-0.25, -0.2) is 13.8 Å². The van der Waals surface area contributed by atoms with Crippen LogP contribution in [-0.2, 0) is 13.0 Å². The highest BCUT2D eigenvalue weighted by molar-refractivity contribution is 5.40. The quantitative estimate of drug-likeness (QED) is 0.837. The predicted molar refractivity (Wildman–Crippen MR) is 51.1 cm³/mol. The van der Waals surface area contributed by atoms with E-state index in [1.165, 1.54) is 6.07 Å². The van der Waals surface area contributed by atoms with Crippen LogP contribution in [0.2, 0.25) is 0 Å². The average molecular weight is 222 g/mol. The van der Waals surface area contributed by atoms with E-state index in [-0.39, 0.29) is 29.8 Å². The highest BCUT2D eigenvalue weighted by Crippen LogP contribution is 2.23. The van der Waals surface area contributed by atoms with Crippen LogP contribution < -0.4 is 5.73 Å². The molecule has 0 atom stereocenters. The number of hydrogen-bond acceptors (Lipinski definition) is 4. The van der Waals surface area contributed by atoms with Crippen molar-refractivity contribution in [2.75, 3.05) is 0 Å². The van der Waals surface area contributed by atoms with E-state index < -0.39 is 12.1 Å². The largest absolute Gasteiger partial charge is 0.325 e. The molecule has 16 heavy (non-hydrogen) atoms. The van der Waals surface area contributed by atoms with E-state index in [1.807, 2.05) is 6.07 Å². The van der Waals surface area contributed by atoms with Gasteiger partial charge in [-0.2, -0.15) is 10.5 Å². The van der Waals surface area contributed by atoms with Gasteiger partial charge in [0, 0.05) is 6.54 Å². The molecule has 2 N–H and O–H groups in total. The molecule has 0 bridgehead atoms. The highest BCUT2D eigenvalue weighted by Gasteiger charge is 2.17. The van der Waals surface area contributed by atoms with Gasteiger partial charge in [-0.05, 0) is 11.6 Å². The third-order valence-corrected chi connectivity index (χ3v) is 2.00. The summed E-state index contributed by atoms with van der Waals surface area (Å²) in [7, 11) is 0. The Morgan fingerprint density at radius 1 is 1.44 bits per heavy atom. The zero-order chi connectivity index (χ0) is 12.1. The van der Waals surface area contributed by atoms with Crippen LogP contribution >= 0.6 is 0 Å². The van der Waals surface area contributed by atoms with Crippen LogP contribution in [0.4, 0.5) is 8.78 Å². The van der Waals surface area contributed by atoms with E-state index >= 15 is 0 Å². The third-order valence-electron chi connectivity index (χ3n) is 2.00. The van der Waals surface area contributed by atoms with Gasteiger partial charge in [-0.15, -0.1) is 0 Å². The monoisotopic (exact) mass is 222 g/mol. The number of alkyl halides is 2. The minimum absolute atomic E-state index is 0.0752. The summed E-state index contributed by atoms with van der Waals surface area (Å²) < 4.78 is 25.2. The van der Waals surface area contributed by atoms with Crippen LogP contribution in [0.5, 0.6) is 0 Å². The lowest BCUT2D eigenvalue weighted by molar-refractivity contribution is 0.144. The first-order chi connectivity index (χ1) is 7.63. The summed E-state index contributed by atoms with van der Waals surface area (Å²) in [4.78, 5) is 3.63. The van der Waals surface area contributed by atoms with Crippen molar-refractivity contribution in [2.24, 2.45) is 5.73 Å². The molecule has 0 unspecified atom stereocenters. The molecular weight excluding hydrogens is 214 g/mol. The van der Waals surface area contributed by atoms with Crippen molar-refractivity contribution >= 4 is 0 Å². The lowest BCUT2D eigenvalue weighted by Gasteiger charge is -2.08. The summed E-state index contributed by atoms with van der Waals surface area (Å²) in [5.41, 5.74) is 5.16. The zero-order valence-electron chi connectivity index (χ0n) is 8.24. The molecule has 1 aromatic rings. The Balaban J connectivity index is 3.38. The van der Waals surface area contributed by atoms with Gasteiger partial charge in [0.05, 0.1) is 23.7 Å². The van der Waals surface area contributed by atoms with Crippen LogP contribution in [0.15, 0.2) is 6.07 Å². The van der Waals surface area contributed by atoms with Crippen molar-refractivity contribution < 1.29 is 8.78 Å². The van der Waals surface area contributed by atoms with Crippen molar-refractivity contribution in [2.45, 2.75) is 19.4 Å². The van der Waals surface area contributed by atoms with Gasteiger partial charge in [0.2, 0.25) is 0 Å². The van der Waals surface area contributed by atoms with Gasteiger partial charge < -0.3 is 5.73 Å². The molecule has 6 heteroatoms. The van der Waals surface area contributed by atoms with Crippen molar-refractivity contribution in [3.8, 4) is 12.1 Å². The normalized spacial score (nSPS) is 9.88. The van der Waals surface area contributed by atoms with E-state index in [9.17, 15) is 8.78 Å². The maximum atomic E-state index is 12.6. The van der Waals surface area contributed by atoms with E-state index in [0.717, 1.165) is 0 Å². The standard InChI is InChI=1S/C10H8F2N4/c11-10(12)9-6(1-2-13)3-7(4-14)8(5-15)16-9/h3,10H,1,5,15H2. The Bertz CT molecular complexity index is 471. The topological polar surface area (TPSA) is 86.5 Å².